The standard InChI is InChI=1S/C13H12O3/c1-16-13(15)10-7-9-5-3-2-4-6-11(9)12(14)8-10/h3-8,14H,2H2,1H3. The van der Waals surface area contributed by atoms with E-state index in [2.05, 4.69) is 4.74 Å². The normalized spacial score (nSPS) is 13.1. The first-order valence-electron chi connectivity index (χ1n) is 5.01. The predicted octanol–water partition coefficient (Wildman–Crippen LogP) is 2.61. The summed E-state index contributed by atoms with van der Waals surface area (Å²) in [6.45, 7) is 0. The second kappa shape index (κ2) is 4.23. The fraction of sp³-hybridized carbons (Fsp3) is 0.154. The number of fused-ring (bicyclic) bond motifs is 1. The zero-order valence-electron chi connectivity index (χ0n) is 8.93. The molecule has 2 rings (SSSR count). The highest BCUT2D eigenvalue weighted by molar-refractivity contribution is 5.92. The maximum Gasteiger partial charge on any atom is 0.338 e. The van der Waals surface area contributed by atoms with Crippen molar-refractivity contribution < 1.29 is 14.6 Å². The monoisotopic (exact) mass is 216 g/mol. The van der Waals surface area contributed by atoms with Crippen molar-refractivity contribution >= 4 is 18.1 Å². The Kier molecular flexibility index (Phi) is 2.77. The van der Waals surface area contributed by atoms with Gasteiger partial charge in [-0.05, 0) is 24.1 Å². The van der Waals surface area contributed by atoms with Gasteiger partial charge < -0.3 is 9.84 Å². The summed E-state index contributed by atoms with van der Waals surface area (Å²) in [7, 11) is 1.32. The lowest BCUT2D eigenvalue weighted by Crippen LogP contribution is -2.02. The minimum Gasteiger partial charge on any atom is -0.507 e. The van der Waals surface area contributed by atoms with Crippen molar-refractivity contribution in [2.24, 2.45) is 0 Å². The molecule has 0 unspecified atom stereocenters. The van der Waals surface area contributed by atoms with Gasteiger partial charge in [-0.2, -0.15) is 0 Å². The Balaban J connectivity index is 2.57. The molecule has 1 aliphatic rings. The summed E-state index contributed by atoms with van der Waals surface area (Å²) < 4.78 is 4.62. The maximum atomic E-state index is 11.4. The van der Waals surface area contributed by atoms with Crippen LogP contribution in [0.15, 0.2) is 24.3 Å². The minimum atomic E-state index is -0.445. The first-order chi connectivity index (χ1) is 7.72. The van der Waals surface area contributed by atoms with Crippen LogP contribution in [-0.2, 0) is 4.74 Å². The molecule has 0 amide bonds. The van der Waals surface area contributed by atoms with Crippen molar-refractivity contribution in [3.8, 4) is 5.75 Å². The summed E-state index contributed by atoms with van der Waals surface area (Å²) in [5.41, 5.74) is 1.93. The smallest absolute Gasteiger partial charge is 0.338 e. The number of esters is 1. The van der Waals surface area contributed by atoms with E-state index in [4.69, 9.17) is 0 Å². The molecule has 0 aromatic heterocycles. The summed E-state index contributed by atoms with van der Waals surface area (Å²) in [4.78, 5) is 11.4. The number of allylic oxidation sites excluding steroid dienone is 2. The van der Waals surface area contributed by atoms with Crippen LogP contribution in [0.4, 0.5) is 0 Å². The van der Waals surface area contributed by atoms with Crippen molar-refractivity contribution in [3.63, 3.8) is 0 Å². The van der Waals surface area contributed by atoms with Gasteiger partial charge in [-0.15, -0.1) is 0 Å². The summed E-state index contributed by atoms with van der Waals surface area (Å²) in [5, 5.41) is 9.81. The number of methoxy groups -OCH3 is 1. The van der Waals surface area contributed by atoms with E-state index in [1.807, 2.05) is 24.3 Å². The number of hydrogen-bond donors (Lipinski definition) is 1. The van der Waals surface area contributed by atoms with Gasteiger partial charge in [-0.25, -0.2) is 4.79 Å². The van der Waals surface area contributed by atoms with Gasteiger partial charge >= 0.3 is 5.97 Å². The molecular weight excluding hydrogens is 204 g/mol. The zero-order valence-corrected chi connectivity index (χ0v) is 8.93. The third kappa shape index (κ3) is 1.84. The number of rotatable bonds is 1. The third-order valence-electron chi connectivity index (χ3n) is 2.47. The molecule has 1 N–H and O–H groups in total. The molecule has 0 saturated heterocycles. The molecule has 0 bridgehead atoms. The van der Waals surface area contributed by atoms with E-state index in [1.54, 1.807) is 6.07 Å². The lowest BCUT2D eigenvalue weighted by Gasteiger charge is -2.07. The maximum absolute atomic E-state index is 11.4. The fourth-order valence-electron chi connectivity index (χ4n) is 1.67. The summed E-state index contributed by atoms with van der Waals surface area (Å²) in [5.74, 6) is -0.347. The molecule has 0 atom stereocenters. The average Bonchev–Trinajstić information content (AvgIpc) is 2.53. The molecule has 1 aromatic rings. The van der Waals surface area contributed by atoms with Crippen LogP contribution >= 0.6 is 0 Å². The van der Waals surface area contributed by atoms with Crippen LogP contribution in [-0.4, -0.2) is 18.2 Å². The van der Waals surface area contributed by atoms with Crippen LogP contribution in [0, 0.1) is 0 Å². The highest BCUT2D eigenvalue weighted by Gasteiger charge is 2.12. The number of aromatic hydroxyl groups is 1. The van der Waals surface area contributed by atoms with Crippen LogP contribution in [0.2, 0.25) is 0 Å². The SMILES string of the molecule is COC(=O)c1cc(O)c2c(c1)C=CCC=C2. The van der Waals surface area contributed by atoms with E-state index in [9.17, 15) is 9.90 Å². The van der Waals surface area contributed by atoms with Gasteiger partial charge in [0, 0.05) is 5.56 Å². The number of phenols is 1. The molecular formula is C13H12O3. The summed E-state index contributed by atoms with van der Waals surface area (Å²) in [6, 6.07) is 3.14. The number of ether oxygens (including phenoxy) is 1. The number of carbonyl (C=O) groups is 1. The van der Waals surface area contributed by atoms with Gasteiger partial charge in [-0.1, -0.05) is 24.3 Å². The van der Waals surface area contributed by atoms with Gasteiger partial charge in [0.2, 0.25) is 0 Å². The molecule has 0 heterocycles. The topological polar surface area (TPSA) is 46.5 Å². The second-order valence-electron chi connectivity index (χ2n) is 3.53. The second-order valence-corrected chi connectivity index (χ2v) is 3.53. The number of benzene rings is 1. The molecule has 16 heavy (non-hydrogen) atoms. The Morgan fingerprint density at radius 1 is 1.31 bits per heavy atom. The van der Waals surface area contributed by atoms with E-state index in [0.717, 1.165) is 17.5 Å². The highest BCUT2D eigenvalue weighted by atomic mass is 16.5. The molecule has 1 aromatic carbocycles. The Labute approximate surface area is 93.7 Å². The van der Waals surface area contributed by atoms with Crippen LogP contribution in [0.5, 0.6) is 5.75 Å². The van der Waals surface area contributed by atoms with Crippen molar-refractivity contribution in [1.29, 1.82) is 0 Å². The van der Waals surface area contributed by atoms with Gasteiger partial charge in [0.15, 0.2) is 0 Å². The van der Waals surface area contributed by atoms with Gasteiger partial charge in [0.25, 0.3) is 0 Å². The molecule has 0 radical (unpaired) electrons. The molecule has 0 spiro atoms. The molecule has 0 saturated carbocycles. The number of hydrogen-bond acceptors (Lipinski definition) is 3. The zero-order chi connectivity index (χ0) is 11.5. The Hall–Kier alpha value is -2.03. The Bertz CT molecular complexity index is 484. The number of carbonyl (C=O) groups excluding carboxylic acids is 1. The lowest BCUT2D eigenvalue weighted by atomic mass is 10.0. The third-order valence-corrected chi connectivity index (χ3v) is 2.47. The minimum absolute atomic E-state index is 0.0979. The Morgan fingerprint density at radius 2 is 2.06 bits per heavy atom. The fourth-order valence-corrected chi connectivity index (χ4v) is 1.67. The van der Waals surface area contributed by atoms with E-state index in [0.29, 0.717) is 5.56 Å². The first kappa shape index (κ1) is 10.5. The van der Waals surface area contributed by atoms with Crippen LogP contribution in [0.3, 0.4) is 0 Å². The Morgan fingerprint density at radius 3 is 2.81 bits per heavy atom. The average molecular weight is 216 g/mol. The van der Waals surface area contributed by atoms with Gasteiger partial charge in [-0.3, -0.25) is 0 Å². The molecule has 82 valence electrons. The summed E-state index contributed by atoms with van der Waals surface area (Å²) in [6.07, 6.45) is 8.50. The molecule has 3 nitrogen and oxygen atoms in total. The lowest BCUT2D eigenvalue weighted by molar-refractivity contribution is 0.0600. The van der Waals surface area contributed by atoms with E-state index < -0.39 is 5.97 Å². The summed E-state index contributed by atoms with van der Waals surface area (Å²) >= 11 is 0. The largest absolute Gasteiger partial charge is 0.507 e. The first-order valence-corrected chi connectivity index (χ1v) is 5.01. The van der Waals surface area contributed by atoms with Crippen LogP contribution in [0.25, 0.3) is 12.2 Å². The van der Waals surface area contributed by atoms with Crippen molar-refractivity contribution in [2.45, 2.75) is 6.42 Å². The molecule has 0 aliphatic heterocycles. The molecule has 0 fully saturated rings. The van der Waals surface area contributed by atoms with Crippen LogP contribution < -0.4 is 0 Å². The van der Waals surface area contributed by atoms with E-state index >= 15 is 0 Å². The van der Waals surface area contributed by atoms with Crippen LogP contribution in [0.1, 0.15) is 27.9 Å². The predicted molar refractivity (Wildman–Crippen MR) is 62.1 cm³/mol. The van der Waals surface area contributed by atoms with E-state index in [1.165, 1.54) is 13.2 Å². The molecule has 3 heteroatoms. The number of phenolic OH excluding ortho intramolecular Hbond substituents is 1. The quantitative estimate of drug-likeness (QED) is 0.734. The van der Waals surface area contributed by atoms with E-state index in [-0.39, 0.29) is 5.75 Å². The van der Waals surface area contributed by atoms with Crippen molar-refractivity contribution in [1.82, 2.24) is 0 Å². The van der Waals surface area contributed by atoms with Crippen molar-refractivity contribution in [3.05, 3.63) is 41.0 Å². The van der Waals surface area contributed by atoms with Crippen molar-refractivity contribution in [2.75, 3.05) is 7.11 Å². The van der Waals surface area contributed by atoms with Gasteiger partial charge in [0.05, 0.1) is 12.7 Å². The molecule has 1 aliphatic carbocycles. The van der Waals surface area contributed by atoms with Gasteiger partial charge in [0.1, 0.15) is 5.75 Å². The highest BCUT2D eigenvalue weighted by Crippen LogP contribution is 2.28.